The highest BCUT2D eigenvalue weighted by Gasteiger charge is 2.19. The van der Waals surface area contributed by atoms with E-state index in [4.69, 9.17) is 14.2 Å². The van der Waals surface area contributed by atoms with E-state index in [0.717, 1.165) is 75.5 Å². The van der Waals surface area contributed by atoms with E-state index in [-0.39, 0.29) is 31.1 Å². The fraction of sp³-hybridized carbons (Fsp3) is 0.933. The van der Waals surface area contributed by atoms with Crippen molar-refractivity contribution in [2.75, 3.05) is 13.2 Å². The first-order valence-corrected chi connectivity index (χ1v) is 22.1. The van der Waals surface area contributed by atoms with Crippen molar-refractivity contribution < 1.29 is 28.6 Å². The van der Waals surface area contributed by atoms with Gasteiger partial charge in [-0.1, -0.05) is 196 Å². The summed E-state index contributed by atoms with van der Waals surface area (Å²) in [6, 6.07) is 0. The molecule has 0 aromatic carbocycles. The van der Waals surface area contributed by atoms with E-state index in [0.29, 0.717) is 19.3 Å². The van der Waals surface area contributed by atoms with Crippen molar-refractivity contribution in [1.82, 2.24) is 0 Å². The lowest BCUT2D eigenvalue weighted by Crippen LogP contribution is -2.30. The Kier molecular flexibility index (Phi) is 35.6. The molecule has 0 saturated heterocycles. The predicted molar refractivity (Wildman–Crippen MR) is 215 cm³/mol. The van der Waals surface area contributed by atoms with Gasteiger partial charge in [-0.05, 0) is 37.0 Å². The molecule has 0 N–H and O–H groups in total. The molecule has 0 aliphatic heterocycles. The Bertz CT molecular complexity index is 794. The molecular formula is C45H86O6. The molecule has 0 aliphatic carbocycles. The van der Waals surface area contributed by atoms with Crippen LogP contribution in [0, 0.1) is 17.8 Å². The highest BCUT2D eigenvalue weighted by atomic mass is 16.6. The Morgan fingerprint density at radius 2 is 0.686 bits per heavy atom. The number of rotatable bonds is 38. The van der Waals surface area contributed by atoms with Crippen LogP contribution in [0.2, 0.25) is 0 Å². The van der Waals surface area contributed by atoms with Crippen LogP contribution >= 0.6 is 0 Å². The van der Waals surface area contributed by atoms with Crippen molar-refractivity contribution in [1.29, 1.82) is 0 Å². The van der Waals surface area contributed by atoms with Crippen molar-refractivity contribution in [2.45, 2.75) is 240 Å². The fourth-order valence-electron chi connectivity index (χ4n) is 6.49. The van der Waals surface area contributed by atoms with Crippen LogP contribution in [0.4, 0.5) is 0 Å². The van der Waals surface area contributed by atoms with Crippen LogP contribution in [0.5, 0.6) is 0 Å². The van der Waals surface area contributed by atoms with Crippen LogP contribution in [0.1, 0.15) is 234 Å². The zero-order valence-corrected chi connectivity index (χ0v) is 34.9. The number of esters is 3. The zero-order chi connectivity index (χ0) is 37.8. The van der Waals surface area contributed by atoms with E-state index in [1.165, 1.54) is 116 Å². The highest BCUT2D eigenvalue weighted by Crippen LogP contribution is 2.17. The Morgan fingerprint density at radius 1 is 0.392 bits per heavy atom. The predicted octanol–water partition coefficient (Wildman–Crippen LogP) is 13.7. The van der Waals surface area contributed by atoms with Gasteiger partial charge in [0.05, 0.1) is 0 Å². The average Bonchev–Trinajstić information content (AvgIpc) is 3.09. The zero-order valence-electron chi connectivity index (χ0n) is 34.9. The normalized spacial score (nSPS) is 12.7. The van der Waals surface area contributed by atoms with Crippen LogP contribution in [0.25, 0.3) is 0 Å². The first-order valence-electron chi connectivity index (χ1n) is 22.1. The number of unbranched alkanes of at least 4 members (excludes halogenated alkanes) is 20. The average molecular weight is 723 g/mol. The Morgan fingerprint density at radius 3 is 1.02 bits per heavy atom. The Labute approximate surface area is 317 Å². The van der Waals surface area contributed by atoms with Gasteiger partial charge in [0.25, 0.3) is 0 Å². The monoisotopic (exact) mass is 723 g/mol. The molecule has 0 aromatic heterocycles. The lowest BCUT2D eigenvalue weighted by molar-refractivity contribution is -0.167. The second-order valence-corrected chi connectivity index (χ2v) is 16.5. The quantitative estimate of drug-likeness (QED) is 0.0359. The summed E-state index contributed by atoms with van der Waals surface area (Å²) in [6.07, 6.45) is 32.5. The minimum Gasteiger partial charge on any atom is -0.462 e. The third-order valence-corrected chi connectivity index (χ3v) is 10.3. The molecule has 0 radical (unpaired) electrons. The van der Waals surface area contributed by atoms with Crippen molar-refractivity contribution >= 4 is 17.9 Å². The summed E-state index contributed by atoms with van der Waals surface area (Å²) in [5.74, 6) is 1.53. The second-order valence-electron chi connectivity index (χ2n) is 16.5. The maximum Gasteiger partial charge on any atom is 0.306 e. The molecule has 1 unspecified atom stereocenters. The van der Waals surface area contributed by atoms with Gasteiger partial charge in [0.2, 0.25) is 0 Å². The lowest BCUT2D eigenvalue weighted by atomic mass is 10.00. The smallest absolute Gasteiger partial charge is 0.306 e. The van der Waals surface area contributed by atoms with Crippen LogP contribution in [-0.4, -0.2) is 37.2 Å². The molecule has 51 heavy (non-hydrogen) atoms. The molecule has 0 saturated carbocycles. The van der Waals surface area contributed by atoms with Gasteiger partial charge >= 0.3 is 17.9 Å². The third-order valence-electron chi connectivity index (χ3n) is 10.3. The summed E-state index contributed by atoms with van der Waals surface area (Å²) in [7, 11) is 0. The first-order chi connectivity index (χ1) is 24.6. The van der Waals surface area contributed by atoms with Crippen molar-refractivity contribution in [3.8, 4) is 0 Å². The van der Waals surface area contributed by atoms with Crippen molar-refractivity contribution in [2.24, 2.45) is 17.8 Å². The van der Waals surface area contributed by atoms with Gasteiger partial charge in [-0.25, -0.2) is 0 Å². The minimum atomic E-state index is -0.762. The molecule has 0 heterocycles. The maximum atomic E-state index is 12.6. The summed E-state index contributed by atoms with van der Waals surface area (Å²) < 4.78 is 16.7. The van der Waals surface area contributed by atoms with E-state index in [9.17, 15) is 14.4 Å². The SMILES string of the molecule is CCC(C)CCCCCCCCC(=O)OC[C@H](COC(=O)CCCCCCCCCCCCCC(C)C)OC(=O)CCCCCCCCC(C)C. The van der Waals surface area contributed by atoms with Crippen molar-refractivity contribution in [3.05, 3.63) is 0 Å². The molecule has 302 valence electrons. The van der Waals surface area contributed by atoms with Gasteiger partial charge in [-0.3, -0.25) is 14.4 Å². The molecular weight excluding hydrogens is 636 g/mol. The summed E-state index contributed by atoms with van der Waals surface area (Å²) >= 11 is 0. The van der Waals surface area contributed by atoms with Crippen LogP contribution in [0.15, 0.2) is 0 Å². The summed E-state index contributed by atoms with van der Waals surface area (Å²) in [4.78, 5) is 37.6. The van der Waals surface area contributed by atoms with E-state index in [1.807, 2.05) is 0 Å². The number of ether oxygens (including phenoxy) is 3. The standard InChI is InChI=1S/C45H86O6/c1-7-41(6)33-27-21-16-18-23-29-35-44(47)50-38-42(51-45(48)36-30-24-17-15-20-26-32-40(4)5)37-49-43(46)34-28-22-14-12-10-8-9-11-13-19-25-31-39(2)3/h39-42H,7-38H2,1-6H3/t41?,42-/m0/s1. The van der Waals surface area contributed by atoms with E-state index in [1.54, 1.807) is 0 Å². The third kappa shape index (κ3) is 38.0. The largest absolute Gasteiger partial charge is 0.462 e. The van der Waals surface area contributed by atoms with Gasteiger partial charge < -0.3 is 14.2 Å². The van der Waals surface area contributed by atoms with Crippen molar-refractivity contribution in [3.63, 3.8) is 0 Å². The molecule has 0 spiro atoms. The lowest BCUT2D eigenvalue weighted by Gasteiger charge is -2.18. The van der Waals surface area contributed by atoms with Gasteiger partial charge in [0.1, 0.15) is 13.2 Å². The number of carbonyl (C=O) groups excluding carboxylic acids is 3. The molecule has 0 amide bonds. The molecule has 2 atom stereocenters. The molecule has 0 bridgehead atoms. The molecule has 6 heteroatoms. The van der Waals surface area contributed by atoms with E-state index >= 15 is 0 Å². The number of carbonyl (C=O) groups is 3. The van der Waals surface area contributed by atoms with Crippen LogP contribution in [-0.2, 0) is 28.6 Å². The van der Waals surface area contributed by atoms with Gasteiger partial charge in [0, 0.05) is 19.3 Å². The number of hydrogen-bond acceptors (Lipinski definition) is 6. The van der Waals surface area contributed by atoms with E-state index < -0.39 is 6.10 Å². The molecule has 6 nitrogen and oxygen atoms in total. The van der Waals surface area contributed by atoms with Crippen LogP contribution in [0.3, 0.4) is 0 Å². The van der Waals surface area contributed by atoms with Crippen LogP contribution < -0.4 is 0 Å². The fourth-order valence-corrected chi connectivity index (χ4v) is 6.49. The van der Waals surface area contributed by atoms with Gasteiger partial charge in [-0.2, -0.15) is 0 Å². The number of hydrogen-bond donors (Lipinski definition) is 0. The topological polar surface area (TPSA) is 78.9 Å². The molecule has 0 rings (SSSR count). The summed E-state index contributed by atoms with van der Waals surface area (Å²) in [5, 5.41) is 0. The Balaban J connectivity index is 4.32. The summed E-state index contributed by atoms with van der Waals surface area (Å²) in [5.41, 5.74) is 0. The molecule has 0 fully saturated rings. The Hall–Kier alpha value is -1.59. The summed E-state index contributed by atoms with van der Waals surface area (Å²) in [6.45, 7) is 13.6. The van der Waals surface area contributed by atoms with Gasteiger partial charge in [0.15, 0.2) is 6.10 Å². The maximum absolute atomic E-state index is 12.6. The van der Waals surface area contributed by atoms with E-state index in [2.05, 4.69) is 41.5 Å². The first kappa shape index (κ1) is 49.4. The molecule has 0 aliphatic rings. The second kappa shape index (κ2) is 36.8. The highest BCUT2D eigenvalue weighted by molar-refractivity contribution is 5.71. The van der Waals surface area contributed by atoms with Gasteiger partial charge in [-0.15, -0.1) is 0 Å². The minimum absolute atomic E-state index is 0.0676. The molecule has 0 aromatic rings.